The molecule has 0 fully saturated rings. The summed E-state index contributed by atoms with van der Waals surface area (Å²) in [4.78, 5) is 64.9. The van der Waals surface area contributed by atoms with Crippen molar-refractivity contribution in [1.29, 1.82) is 0 Å². The van der Waals surface area contributed by atoms with Crippen LogP contribution >= 0.6 is 11.8 Å². The van der Waals surface area contributed by atoms with Gasteiger partial charge in [-0.3, -0.25) is 34.3 Å². The van der Waals surface area contributed by atoms with Crippen molar-refractivity contribution in [2.75, 3.05) is 19.4 Å². The average Bonchev–Trinajstić information content (AvgIpc) is 3.26. The number of amides is 3. The predicted octanol–water partition coefficient (Wildman–Crippen LogP) is 3.46. The second kappa shape index (κ2) is 14.4. The van der Waals surface area contributed by atoms with Crippen LogP contribution < -0.4 is 10.2 Å². The molecule has 1 heterocycles. The number of hydrogen-bond donors (Lipinski definition) is 1. The van der Waals surface area contributed by atoms with E-state index >= 15 is 0 Å². The van der Waals surface area contributed by atoms with E-state index in [-0.39, 0.29) is 52.8 Å². The van der Waals surface area contributed by atoms with Gasteiger partial charge in [0.05, 0.1) is 41.3 Å². The highest BCUT2D eigenvalue weighted by Gasteiger charge is 2.36. The molecule has 230 valence electrons. The second-order valence-electron chi connectivity index (χ2n) is 9.90. The molecule has 0 saturated heterocycles. The maximum absolute atomic E-state index is 13.7. The van der Waals surface area contributed by atoms with E-state index in [9.17, 15) is 32.4 Å². The minimum Gasteiger partial charge on any atom is -0.497 e. The Morgan fingerprint density at radius 3 is 2.07 bits per heavy atom. The van der Waals surface area contributed by atoms with Gasteiger partial charge in [0.2, 0.25) is 5.91 Å². The molecule has 1 atom stereocenters. The maximum Gasteiger partial charge on any atom is 0.261 e. The van der Waals surface area contributed by atoms with Gasteiger partial charge in [-0.1, -0.05) is 54.2 Å². The number of rotatable bonds is 14. The van der Waals surface area contributed by atoms with Crippen LogP contribution in [0.5, 0.6) is 5.75 Å². The minimum atomic E-state index is -4.31. The molecule has 0 unspecified atom stereocenters. The van der Waals surface area contributed by atoms with Gasteiger partial charge in [0.1, 0.15) is 5.75 Å². The van der Waals surface area contributed by atoms with E-state index in [1.165, 1.54) is 38.3 Å². The summed E-state index contributed by atoms with van der Waals surface area (Å²) in [7, 11) is -2.86. The van der Waals surface area contributed by atoms with Crippen LogP contribution in [-0.4, -0.2) is 65.8 Å². The number of Topliss-reactive ketones (excluding diaryl/α,β-unsaturated/α-hetero) is 1. The highest BCUT2D eigenvalue weighted by atomic mass is 32.2. The lowest BCUT2D eigenvalue weighted by Crippen LogP contribution is -2.49. The van der Waals surface area contributed by atoms with Crippen LogP contribution in [0.4, 0.5) is 0 Å². The lowest BCUT2D eigenvalue weighted by molar-refractivity contribution is -0.135. The number of hydrazine groups is 1. The Kier molecular flexibility index (Phi) is 10.7. The zero-order chi connectivity index (χ0) is 31.9. The van der Waals surface area contributed by atoms with Gasteiger partial charge in [-0.15, -0.1) is 4.41 Å². The number of carbonyl (C=O) groups excluding carboxylic acids is 5. The monoisotopic (exact) mass is 637 g/mol. The molecular weight excluding hydrogens is 606 g/mol. The topological polar surface area (TPSA) is 147 Å². The van der Waals surface area contributed by atoms with Crippen molar-refractivity contribution < 1.29 is 37.1 Å². The van der Waals surface area contributed by atoms with Crippen molar-refractivity contribution in [3.63, 3.8) is 0 Å². The van der Waals surface area contributed by atoms with Gasteiger partial charge in [-0.05, 0) is 54.8 Å². The number of benzene rings is 3. The molecule has 44 heavy (non-hydrogen) atoms. The van der Waals surface area contributed by atoms with Crippen LogP contribution in [0.2, 0.25) is 0 Å². The number of fused-ring (bicyclic) bond motifs is 1. The van der Waals surface area contributed by atoms with E-state index in [1.807, 2.05) is 0 Å². The summed E-state index contributed by atoms with van der Waals surface area (Å²) in [6.45, 7) is 0.999. The molecule has 1 N–H and O–H groups in total. The zero-order valence-corrected chi connectivity index (χ0v) is 25.7. The maximum atomic E-state index is 13.7. The van der Waals surface area contributed by atoms with Crippen LogP contribution in [0, 0.1) is 5.92 Å². The number of nitrogens with one attached hydrogen (secondary N) is 1. The Balaban J connectivity index is 1.55. The SMILES string of the molecule is COc1ccc(S(=O)(=O)N(Cc2ccccc2)NC(=O)[C@H](CCCN2C(=O)c3ccccc3C2=O)C(=O)CSC(C)=O)cc1. The highest BCUT2D eigenvalue weighted by molar-refractivity contribution is 8.14. The molecule has 0 bridgehead atoms. The van der Waals surface area contributed by atoms with Crippen LogP contribution in [0.3, 0.4) is 0 Å². The first kappa shape index (κ1) is 32.6. The lowest BCUT2D eigenvalue weighted by Gasteiger charge is -2.26. The largest absolute Gasteiger partial charge is 0.497 e. The highest BCUT2D eigenvalue weighted by Crippen LogP contribution is 2.25. The third kappa shape index (κ3) is 7.59. The number of methoxy groups -OCH3 is 1. The normalized spacial score (nSPS) is 13.5. The Bertz CT molecular complexity index is 1630. The fourth-order valence-electron chi connectivity index (χ4n) is 4.62. The van der Waals surface area contributed by atoms with Crippen LogP contribution in [-0.2, 0) is 31.0 Å². The fraction of sp³-hybridized carbons (Fsp3) is 0.258. The molecule has 3 aromatic carbocycles. The summed E-state index contributed by atoms with van der Waals surface area (Å²) >= 11 is 0.733. The Morgan fingerprint density at radius 2 is 1.50 bits per heavy atom. The van der Waals surface area contributed by atoms with E-state index in [1.54, 1.807) is 54.6 Å². The van der Waals surface area contributed by atoms with Gasteiger partial charge in [0.25, 0.3) is 21.8 Å². The Labute approximate surface area is 259 Å². The third-order valence-electron chi connectivity index (χ3n) is 6.93. The van der Waals surface area contributed by atoms with Gasteiger partial charge < -0.3 is 4.74 Å². The molecule has 3 aromatic rings. The van der Waals surface area contributed by atoms with Gasteiger partial charge in [0.15, 0.2) is 10.9 Å². The number of imide groups is 1. The van der Waals surface area contributed by atoms with Crippen molar-refractivity contribution >= 4 is 50.4 Å². The summed E-state index contributed by atoms with van der Waals surface area (Å²) in [6.07, 6.45) is -0.0117. The summed E-state index contributed by atoms with van der Waals surface area (Å²) in [6, 6.07) is 20.6. The van der Waals surface area contributed by atoms with E-state index in [0.717, 1.165) is 21.1 Å². The van der Waals surface area contributed by atoms with Crippen molar-refractivity contribution in [3.05, 3.63) is 95.6 Å². The molecule has 0 saturated carbocycles. The number of hydrogen-bond acceptors (Lipinski definition) is 9. The Hall–Kier alpha value is -4.33. The van der Waals surface area contributed by atoms with Crippen molar-refractivity contribution in [2.45, 2.75) is 31.2 Å². The molecular formula is C31H31N3O8S2. The number of sulfonamides is 1. The van der Waals surface area contributed by atoms with Gasteiger partial charge in [0, 0.05) is 13.5 Å². The van der Waals surface area contributed by atoms with E-state index in [2.05, 4.69) is 5.43 Å². The molecule has 13 heteroatoms. The van der Waals surface area contributed by atoms with Crippen LogP contribution in [0.15, 0.2) is 83.8 Å². The lowest BCUT2D eigenvalue weighted by atomic mass is 9.98. The first-order valence-electron chi connectivity index (χ1n) is 13.7. The molecule has 0 aliphatic carbocycles. The van der Waals surface area contributed by atoms with E-state index < -0.39 is 39.4 Å². The van der Waals surface area contributed by atoms with E-state index in [0.29, 0.717) is 11.3 Å². The number of carbonyl (C=O) groups is 5. The number of ether oxygens (including phenoxy) is 1. The standard InChI is InChI=1S/C31H31N3O8S2/c1-21(35)43-20-28(36)27(13-8-18-33-30(38)25-11-6-7-12-26(25)31(33)39)29(37)32-34(19-22-9-4-3-5-10-22)44(40,41)24-16-14-23(42-2)15-17-24/h3-7,9-12,14-17,27H,8,13,18-20H2,1-2H3,(H,32,37)/t27-/m1/s1. The molecule has 11 nitrogen and oxygen atoms in total. The van der Waals surface area contributed by atoms with Gasteiger partial charge in [-0.25, -0.2) is 8.42 Å². The molecule has 0 aromatic heterocycles. The Morgan fingerprint density at radius 1 is 0.909 bits per heavy atom. The van der Waals surface area contributed by atoms with Crippen molar-refractivity contribution in [2.24, 2.45) is 5.92 Å². The predicted molar refractivity (Wildman–Crippen MR) is 163 cm³/mol. The molecule has 3 amide bonds. The summed E-state index contributed by atoms with van der Waals surface area (Å²) in [5.41, 5.74) is 3.56. The van der Waals surface area contributed by atoms with E-state index in [4.69, 9.17) is 4.74 Å². The molecule has 1 aliphatic heterocycles. The molecule has 4 rings (SSSR count). The van der Waals surface area contributed by atoms with Crippen LogP contribution in [0.1, 0.15) is 46.0 Å². The first-order chi connectivity index (χ1) is 21.0. The fourth-order valence-corrected chi connectivity index (χ4v) is 6.43. The summed E-state index contributed by atoms with van der Waals surface area (Å²) in [5, 5.41) is -0.323. The van der Waals surface area contributed by atoms with Gasteiger partial charge >= 0.3 is 0 Å². The second-order valence-corrected chi connectivity index (χ2v) is 12.9. The molecule has 1 aliphatic rings. The molecule has 0 radical (unpaired) electrons. The molecule has 0 spiro atoms. The van der Waals surface area contributed by atoms with Crippen LogP contribution in [0.25, 0.3) is 0 Å². The number of nitrogens with zero attached hydrogens (tertiary/aromatic N) is 2. The summed E-state index contributed by atoms with van der Waals surface area (Å²) in [5.74, 6) is -3.64. The first-order valence-corrected chi connectivity index (χ1v) is 16.1. The number of thioether (sulfide) groups is 1. The minimum absolute atomic E-state index is 0.0544. The van der Waals surface area contributed by atoms with Gasteiger partial charge in [-0.2, -0.15) is 0 Å². The van der Waals surface area contributed by atoms with Crippen molar-refractivity contribution in [1.82, 2.24) is 14.7 Å². The third-order valence-corrected chi connectivity index (χ3v) is 9.43. The smallest absolute Gasteiger partial charge is 0.261 e. The quantitative estimate of drug-likeness (QED) is 0.159. The zero-order valence-electron chi connectivity index (χ0n) is 24.1. The summed E-state index contributed by atoms with van der Waals surface area (Å²) < 4.78 is 33.3. The number of ketones is 1. The van der Waals surface area contributed by atoms with Crippen molar-refractivity contribution in [3.8, 4) is 5.75 Å². The average molecular weight is 638 g/mol.